The van der Waals surface area contributed by atoms with Crippen molar-refractivity contribution in [2.45, 2.75) is 37.6 Å². The van der Waals surface area contributed by atoms with E-state index < -0.39 is 23.5 Å². The Hall–Kier alpha value is -2.40. The Bertz CT molecular complexity index is 1200. The number of carbonyl (C=O) groups excluding carboxylic acids is 1. The van der Waals surface area contributed by atoms with E-state index in [1.165, 1.54) is 16.2 Å². The number of H-pyrrole nitrogens is 1. The van der Waals surface area contributed by atoms with Gasteiger partial charge in [0, 0.05) is 10.6 Å². The Morgan fingerprint density at radius 3 is 2.81 bits per heavy atom. The van der Waals surface area contributed by atoms with Crippen molar-refractivity contribution in [3.8, 4) is 0 Å². The number of nitrogens with zero attached hydrogens (tertiary/aromatic N) is 1. The molecule has 1 amide bonds. The zero-order valence-electron chi connectivity index (χ0n) is 16.1. The molecule has 164 valence electrons. The Kier molecular flexibility index (Phi) is 6.07. The minimum atomic E-state index is -4.85. The van der Waals surface area contributed by atoms with Crippen LogP contribution < -0.4 is 10.9 Å². The number of thiophene rings is 1. The summed E-state index contributed by atoms with van der Waals surface area (Å²) in [5.41, 5.74) is -0.672. The molecule has 11 heteroatoms. The van der Waals surface area contributed by atoms with E-state index >= 15 is 0 Å². The summed E-state index contributed by atoms with van der Waals surface area (Å²) in [4.78, 5) is 33.8. The molecule has 0 spiro atoms. The molecule has 2 heterocycles. The Labute approximate surface area is 182 Å². The molecule has 1 aromatic carbocycles. The molecule has 31 heavy (non-hydrogen) atoms. The number of aromatic amines is 1. The zero-order chi connectivity index (χ0) is 22.2. The Morgan fingerprint density at radius 2 is 2.03 bits per heavy atom. The largest absolute Gasteiger partial charge is 0.419 e. The van der Waals surface area contributed by atoms with Gasteiger partial charge in [-0.15, -0.1) is 23.1 Å². The van der Waals surface area contributed by atoms with Crippen molar-refractivity contribution < 1.29 is 22.4 Å². The molecule has 1 aliphatic carbocycles. The van der Waals surface area contributed by atoms with Crippen LogP contribution in [-0.2, 0) is 29.6 Å². The fraction of sp³-hybridized carbons (Fsp3) is 0.350. The standard InChI is InChI=1S/C20H17F4N3O2S2/c21-13-6-5-10(7-12(13)20(22,23)24)25-16(28)9-30-8-15-26-18(29)17-11-3-1-2-4-14(11)31-19(17)27-15/h5-7H,1-4,8-9H2,(H,25,28)(H,26,27,29). The summed E-state index contributed by atoms with van der Waals surface area (Å²) >= 11 is 2.69. The van der Waals surface area contributed by atoms with Gasteiger partial charge in [0.15, 0.2) is 0 Å². The highest BCUT2D eigenvalue weighted by atomic mass is 32.2. The first-order valence-corrected chi connectivity index (χ1v) is 11.5. The highest BCUT2D eigenvalue weighted by Gasteiger charge is 2.34. The number of halogens is 4. The molecule has 3 aromatic rings. The van der Waals surface area contributed by atoms with Gasteiger partial charge in [-0.1, -0.05) is 0 Å². The van der Waals surface area contributed by atoms with E-state index in [4.69, 9.17) is 0 Å². The number of nitrogens with one attached hydrogen (secondary N) is 2. The number of rotatable bonds is 5. The molecule has 0 unspecified atom stereocenters. The molecule has 1 aliphatic rings. The summed E-state index contributed by atoms with van der Waals surface area (Å²) < 4.78 is 51.7. The number of aromatic nitrogens is 2. The lowest BCUT2D eigenvalue weighted by Crippen LogP contribution is -2.16. The monoisotopic (exact) mass is 471 g/mol. The van der Waals surface area contributed by atoms with Gasteiger partial charge in [0.1, 0.15) is 16.5 Å². The van der Waals surface area contributed by atoms with E-state index in [-0.39, 0.29) is 22.8 Å². The summed E-state index contributed by atoms with van der Waals surface area (Å²) in [6.07, 6.45) is -0.846. The summed E-state index contributed by atoms with van der Waals surface area (Å²) in [6, 6.07) is 2.29. The van der Waals surface area contributed by atoms with Crippen LogP contribution in [0.1, 0.15) is 34.7 Å². The Morgan fingerprint density at radius 1 is 1.26 bits per heavy atom. The second-order valence-electron chi connectivity index (χ2n) is 7.14. The zero-order valence-corrected chi connectivity index (χ0v) is 17.7. The fourth-order valence-electron chi connectivity index (χ4n) is 3.53. The smallest absolute Gasteiger partial charge is 0.325 e. The number of fused-ring (bicyclic) bond motifs is 3. The van der Waals surface area contributed by atoms with Crippen LogP contribution in [0.5, 0.6) is 0 Å². The molecular formula is C20H17F4N3O2S2. The number of thioether (sulfide) groups is 1. The summed E-state index contributed by atoms with van der Waals surface area (Å²) in [7, 11) is 0. The number of aryl methyl sites for hydroxylation is 2. The lowest BCUT2D eigenvalue weighted by atomic mass is 9.97. The van der Waals surface area contributed by atoms with Crippen LogP contribution in [0.15, 0.2) is 23.0 Å². The van der Waals surface area contributed by atoms with Crippen LogP contribution in [0.3, 0.4) is 0 Å². The second-order valence-corrected chi connectivity index (χ2v) is 9.21. The first-order valence-electron chi connectivity index (χ1n) is 9.50. The van der Waals surface area contributed by atoms with E-state index in [0.29, 0.717) is 28.2 Å². The predicted octanol–water partition coefficient (Wildman–Crippen LogP) is 4.89. The van der Waals surface area contributed by atoms with Crippen LogP contribution in [-0.4, -0.2) is 21.6 Å². The average Bonchev–Trinajstić information content (AvgIpc) is 3.07. The van der Waals surface area contributed by atoms with Gasteiger partial charge in [-0.2, -0.15) is 13.2 Å². The third-order valence-corrected chi connectivity index (χ3v) is 7.03. The highest BCUT2D eigenvalue weighted by molar-refractivity contribution is 7.99. The van der Waals surface area contributed by atoms with Crippen molar-refractivity contribution in [1.82, 2.24) is 9.97 Å². The molecule has 0 aliphatic heterocycles. The maximum absolute atomic E-state index is 13.3. The van der Waals surface area contributed by atoms with Crippen LogP contribution in [0.25, 0.3) is 10.2 Å². The molecule has 2 N–H and O–H groups in total. The van der Waals surface area contributed by atoms with E-state index in [2.05, 4.69) is 15.3 Å². The number of anilines is 1. The SMILES string of the molecule is O=C(CSCc1nc2sc3c(c2c(=O)[nH]1)CCCC3)Nc1ccc(F)c(C(F)(F)F)c1. The summed E-state index contributed by atoms with van der Waals surface area (Å²) in [5.74, 6) is -1.31. The number of alkyl halides is 3. The highest BCUT2D eigenvalue weighted by Crippen LogP contribution is 2.34. The average molecular weight is 472 g/mol. The minimum absolute atomic E-state index is 0.0680. The van der Waals surface area contributed by atoms with Crippen LogP contribution in [0.4, 0.5) is 23.2 Å². The van der Waals surface area contributed by atoms with Crippen LogP contribution >= 0.6 is 23.1 Å². The fourth-order valence-corrected chi connectivity index (χ4v) is 5.51. The van der Waals surface area contributed by atoms with Crippen molar-refractivity contribution in [2.24, 2.45) is 0 Å². The maximum Gasteiger partial charge on any atom is 0.419 e. The third-order valence-electron chi connectivity index (χ3n) is 4.90. The normalized spacial score (nSPS) is 13.9. The first-order chi connectivity index (χ1) is 14.7. The molecule has 0 saturated carbocycles. The van der Waals surface area contributed by atoms with Gasteiger partial charge in [-0.05, 0) is 49.4 Å². The van der Waals surface area contributed by atoms with Gasteiger partial charge < -0.3 is 10.3 Å². The van der Waals surface area contributed by atoms with Crippen molar-refractivity contribution in [3.63, 3.8) is 0 Å². The number of hydrogen-bond donors (Lipinski definition) is 2. The lowest BCUT2D eigenvalue weighted by Gasteiger charge is -2.11. The topological polar surface area (TPSA) is 74.8 Å². The Balaban J connectivity index is 1.39. The van der Waals surface area contributed by atoms with Gasteiger partial charge in [0.2, 0.25) is 5.91 Å². The van der Waals surface area contributed by atoms with E-state index in [9.17, 15) is 27.2 Å². The van der Waals surface area contributed by atoms with Gasteiger partial charge in [0.05, 0.1) is 22.5 Å². The van der Waals surface area contributed by atoms with E-state index in [0.717, 1.165) is 49.1 Å². The lowest BCUT2D eigenvalue weighted by molar-refractivity contribution is -0.140. The van der Waals surface area contributed by atoms with E-state index in [1.807, 2.05) is 0 Å². The molecule has 0 radical (unpaired) electrons. The molecule has 4 rings (SSSR count). The molecule has 5 nitrogen and oxygen atoms in total. The molecule has 2 aromatic heterocycles. The van der Waals surface area contributed by atoms with Crippen molar-refractivity contribution in [2.75, 3.05) is 11.1 Å². The van der Waals surface area contributed by atoms with Gasteiger partial charge in [-0.3, -0.25) is 9.59 Å². The van der Waals surface area contributed by atoms with E-state index in [1.54, 1.807) is 0 Å². The maximum atomic E-state index is 13.3. The number of carbonyl (C=O) groups is 1. The van der Waals surface area contributed by atoms with Crippen molar-refractivity contribution >= 4 is 44.9 Å². The van der Waals surface area contributed by atoms with Crippen LogP contribution in [0.2, 0.25) is 0 Å². The van der Waals surface area contributed by atoms with Crippen molar-refractivity contribution in [3.05, 3.63) is 56.2 Å². The first kappa shape index (κ1) is 21.8. The predicted molar refractivity (Wildman–Crippen MR) is 113 cm³/mol. The second kappa shape index (κ2) is 8.62. The molecular weight excluding hydrogens is 454 g/mol. The van der Waals surface area contributed by atoms with Gasteiger partial charge in [-0.25, -0.2) is 9.37 Å². The quantitative estimate of drug-likeness (QED) is 0.520. The van der Waals surface area contributed by atoms with Gasteiger partial charge >= 0.3 is 6.18 Å². The molecule has 0 atom stereocenters. The third kappa shape index (κ3) is 4.77. The molecule has 0 bridgehead atoms. The minimum Gasteiger partial charge on any atom is -0.325 e. The van der Waals surface area contributed by atoms with Crippen LogP contribution in [0, 0.1) is 5.82 Å². The summed E-state index contributed by atoms with van der Waals surface area (Å²) in [6.45, 7) is 0. The number of amides is 1. The molecule has 0 fully saturated rings. The number of benzene rings is 1. The molecule has 0 saturated heterocycles. The van der Waals surface area contributed by atoms with Gasteiger partial charge in [0.25, 0.3) is 5.56 Å². The summed E-state index contributed by atoms with van der Waals surface area (Å²) in [5, 5.41) is 2.98. The number of hydrogen-bond acceptors (Lipinski definition) is 5. The van der Waals surface area contributed by atoms with Crippen molar-refractivity contribution in [1.29, 1.82) is 0 Å².